The molecule has 0 spiro atoms. The summed E-state index contributed by atoms with van der Waals surface area (Å²) in [6.07, 6.45) is 7.09. The maximum absolute atomic E-state index is 6.08. The molecule has 1 aliphatic heterocycles. The van der Waals surface area contributed by atoms with E-state index >= 15 is 0 Å². The van der Waals surface area contributed by atoms with Crippen LogP contribution in [0.1, 0.15) is 32.6 Å². The molecule has 1 saturated carbocycles. The van der Waals surface area contributed by atoms with Crippen molar-refractivity contribution in [2.75, 3.05) is 20.1 Å². The number of hydrogen-bond donors (Lipinski definition) is 1. The van der Waals surface area contributed by atoms with E-state index in [1.54, 1.807) is 13.4 Å². The van der Waals surface area contributed by atoms with Crippen LogP contribution >= 0.6 is 0 Å². The second-order valence-corrected chi connectivity index (χ2v) is 5.42. The van der Waals surface area contributed by atoms with Gasteiger partial charge in [-0.3, -0.25) is 9.89 Å². The van der Waals surface area contributed by atoms with E-state index < -0.39 is 0 Å². The van der Waals surface area contributed by atoms with Crippen LogP contribution in [0.3, 0.4) is 0 Å². The molecule has 4 heteroatoms. The minimum atomic E-state index is 0.222. The monoisotopic (exact) mass is 251 g/mol. The van der Waals surface area contributed by atoms with E-state index in [1.807, 2.05) is 0 Å². The van der Waals surface area contributed by atoms with Gasteiger partial charge in [0.05, 0.1) is 18.5 Å². The van der Waals surface area contributed by atoms with E-state index in [-0.39, 0.29) is 6.10 Å². The molecule has 2 atom stereocenters. The average molecular weight is 251 g/mol. The third-order valence-corrected chi connectivity index (χ3v) is 3.60. The normalized spacial score (nSPS) is 26.7. The van der Waals surface area contributed by atoms with Crippen LogP contribution in [0.2, 0.25) is 0 Å². The molecule has 0 bridgehead atoms. The Kier molecular flexibility index (Phi) is 4.78. The summed E-state index contributed by atoms with van der Waals surface area (Å²) in [6, 6.07) is 0.867. The fourth-order valence-electron chi connectivity index (χ4n) is 2.57. The summed E-state index contributed by atoms with van der Waals surface area (Å²) in [5.74, 6) is 0. The minimum Gasteiger partial charge on any atom is -0.373 e. The predicted octanol–water partition coefficient (Wildman–Crippen LogP) is 1.78. The first-order valence-corrected chi connectivity index (χ1v) is 6.93. The van der Waals surface area contributed by atoms with Gasteiger partial charge >= 0.3 is 0 Å². The number of aliphatic imine (C=N–C) groups is 1. The van der Waals surface area contributed by atoms with Crippen LogP contribution in [0.15, 0.2) is 17.3 Å². The van der Waals surface area contributed by atoms with E-state index in [2.05, 4.69) is 28.7 Å². The van der Waals surface area contributed by atoms with E-state index in [9.17, 15) is 0 Å². The minimum absolute atomic E-state index is 0.222. The highest BCUT2D eigenvalue weighted by molar-refractivity contribution is 5.56. The second-order valence-electron chi connectivity index (χ2n) is 5.42. The lowest BCUT2D eigenvalue weighted by Gasteiger charge is -2.20. The zero-order chi connectivity index (χ0) is 13.0. The van der Waals surface area contributed by atoms with Crippen LogP contribution < -0.4 is 5.32 Å². The van der Waals surface area contributed by atoms with Crippen molar-refractivity contribution in [3.05, 3.63) is 12.3 Å². The highest BCUT2D eigenvalue weighted by Crippen LogP contribution is 2.30. The van der Waals surface area contributed by atoms with E-state index in [1.165, 1.54) is 25.8 Å². The quantitative estimate of drug-likeness (QED) is 0.553. The fourth-order valence-corrected chi connectivity index (χ4v) is 2.57. The van der Waals surface area contributed by atoms with Gasteiger partial charge < -0.3 is 10.1 Å². The summed E-state index contributed by atoms with van der Waals surface area (Å²) in [4.78, 5) is 6.46. The van der Waals surface area contributed by atoms with Crippen molar-refractivity contribution in [3.63, 3.8) is 0 Å². The number of hydrogen-bond acceptors (Lipinski definition) is 3. The van der Waals surface area contributed by atoms with Crippen LogP contribution in [-0.2, 0) is 4.74 Å². The molecule has 102 valence electrons. The highest BCUT2D eigenvalue weighted by Gasteiger charge is 2.35. The molecule has 0 aromatic carbocycles. The topological polar surface area (TPSA) is 36.9 Å². The molecule has 0 amide bonds. The van der Waals surface area contributed by atoms with Crippen LogP contribution in [0.5, 0.6) is 0 Å². The van der Waals surface area contributed by atoms with Gasteiger partial charge in [-0.15, -0.1) is 0 Å². The summed E-state index contributed by atoms with van der Waals surface area (Å²) in [7, 11) is 1.74. The van der Waals surface area contributed by atoms with Crippen LogP contribution in [-0.4, -0.2) is 49.6 Å². The van der Waals surface area contributed by atoms with Crippen molar-refractivity contribution in [3.8, 4) is 0 Å². The first-order chi connectivity index (χ1) is 8.69. The smallest absolute Gasteiger partial charge is 0.0861 e. The van der Waals surface area contributed by atoms with E-state index in [0.717, 1.165) is 24.7 Å². The lowest BCUT2D eigenvalue weighted by molar-refractivity contribution is 0.00373. The third kappa shape index (κ3) is 4.10. The second kappa shape index (κ2) is 6.34. The lowest BCUT2D eigenvalue weighted by Crippen LogP contribution is -2.28. The van der Waals surface area contributed by atoms with Gasteiger partial charge in [0.25, 0.3) is 0 Å². The van der Waals surface area contributed by atoms with Crippen LogP contribution in [0, 0.1) is 0 Å². The standard InChI is InChI=1S/C14H25N3O/c1-11(16-10-15-3)8-12(2)18-14-6-7-17(9-14)13-4-5-13/h10,12-14H,1,4-9H2,2-3H3,(H,15,16)/t12?,14-/m1/s1. The zero-order valence-electron chi connectivity index (χ0n) is 11.6. The molecule has 1 N–H and O–H groups in total. The van der Waals surface area contributed by atoms with Crippen molar-refractivity contribution in [1.29, 1.82) is 0 Å². The molecule has 2 rings (SSSR count). The van der Waals surface area contributed by atoms with E-state index in [4.69, 9.17) is 4.74 Å². The lowest BCUT2D eigenvalue weighted by atomic mass is 10.2. The molecule has 0 aromatic heterocycles. The Balaban J connectivity index is 1.64. The van der Waals surface area contributed by atoms with Crippen molar-refractivity contribution >= 4 is 6.34 Å². The predicted molar refractivity (Wildman–Crippen MR) is 74.9 cm³/mol. The third-order valence-electron chi connectivity index (χ3n) is 3.60. The molecule has 1 saturated heterocycles. The van der Waals surface area contributed by atoms with Gasteiger partial charge in [-0.1, -0.05) is 6.58 Å². The Labute approximate surface area is 110 Å². The molecule has 2 fully saturated rings. The molecule has 2 aliphatic rings. The molecule has 1 unspecified atom stereocenters. The van der Waals surface area contributed by atoms with Gasteiger partial charge in [0.15, 0.2) is 0 Å². The van der Waals surface area contributed by atoms with Gasteiger partial charge in [0.2, 0.25) is 0 Å². The fraction of sp³-hybridized carbons (Fsp3) is 0.786. The molecule has 0 aromatic rings. The summed E-state index contributed by atoms with van der Waals surface area (Å²) in [6.45, 7) is 8.42. The molecule has 0 radical (unpaired) electrons. The molecular weight excluding hydrogens is 226 g/mol. The SMILES string of the molecule is C=C(CC(C)O[C@@H]1CCN(C2CC2)C1)NC=NC. The van der Waals surface area contributed by atoms with Crippen molar-refractivity contribution in [2.24, 2.45) is 4.99 Å². The van der Waals surface area contributed by atoms with Gasteiger partial charge in [0, 0.05) is 38.3 Å². The van der Waals surface area contributed by atoms with Gasteiger partial charge in [-0.05, 0) is 26.2 Å². The number of nitrogens with one attached hydrogen (secondary N) is 1. The van der Waals surface area contributed by atoms with Crippen molar-refractivity contribution in [2.45, 2.75) is 50.9 Å². The van der Waals surface area contributed by atoms with Crippen molar-refractivity contribution in [1.82, 2.24) is 10.2 Å². The number of ether oxygens (including phenoxy) is 1. The zero-order valence-corrected chi connectivity index (χ0v) is 11.6. The van der Waals surface area contributed by atoms with Crippen molar-refractivity contribution < 1.29 is 4.74 Å². The maximum Gasteiger partial charge on any atom is 0.0861 e. The summed E-state index contributed by atoms with van der Waals surface area (Å²) < 4.78 is 6.08. The highest BCUT2D eigenvalue weighted by atomic mass is 16.5. The molecule has 18 heavy (non-hydrogen) atoms. The summed E-state index contributed by atoms with van der Waals surface area (Å²) in [5, 5.41) is 3.05. The summed E-state index contributed by atoms with van der Waals surface area (Å²) >= 11 is 0. The van der Waals surface area contributed by atoms with Crippen LogP contribution in [0.25, 0.3) is 0 Å². The largest absolute Gasteiger partial charge is 0.373 e. The van der Waals surface area contributed by atoms with Crippen LogP contribution in [0.4, 0.5) is 0 Å². The molecular formula is C14H25N3O. The van der Waals surface area contributed by atoms with Gasteiger partial charge in [-0.2, -0.15) is 0 Å². The first kappa shape index (κ1) is 13.6. The first-order valence-electron chi connectivity index (χ1n) is 6.93. The van der Waals surface area contributed by atoms with Gasteiger partial charge in [0.1, 0.15) is 0 Å². The number of nitrogens with zero attached hydrogens (tertiary/aromatic N) is 2. The maximum atomic E-state index is 6.08. The Bertz CT molecular complexity index is 312. The Morgan fingerprint density at radius 2 is 2.33 bits per heavy atom. The summed E-state index contributed by atoms with van der Waals surface area (Å²) in [5.41, 5.74) is 0.963. The molecule has 1 heterocycles. The Hall–Kier alpha value is -0.870. The Morgan fingerprint density at radius 3 is 3.00 bits per heavy atom. The van der Waals surface area contributed by atoms with E-state index in [0.29, 0.717) is 6.10 Å². The van der Waals surface area contributed by atoms with Gasteiger partial charge in [-0.25, -0.2) is 0 Å². The Morgan fingerprint density at radius 1 is 1.56 bits per heavy atom. The molecule has 1 aliphatic carbocycles. The number of rotatable bonds is 7. The molecule has 4 nitrogen and oxygen atoms in total. The average Bonchev–Trinajstić information content (AvgIpc) is 3.08. The number of likely N-dealkylation sites (tertiary alicyclic amines) is 1.